The lowest BCUT2D eigenvalue weighted by molar-refractivity contribution is -0.0507. The van der Waals surface area contributed by atoms with E-state index in [0.29, 0.717) is 36.8 Å². The van der Waals surface area contributed by atoms with Gasteiger partial charge in [-0.25, -0.2) is 18.7 Å². The number of benzene rings is 2. The molecule has 6 nitrogen and oxygen atoms in total. The Kier molecular flexibility index (Phi) is 5.63. The number of aromatic nitrogens is 2. The fourth-order valence-corrected chi connectivity index (χ4v) is 5.14. The van der Waals surface area contributed by atoms with Gasteiger partial charge in [0.05, 0.1) is 25.2 Å². The molecule has 0 unspecified atom stereocenters. The summed E-state index contributed by atoms with van der Waals surface area (Å²) in [5.74, 6) is 0.315. The van der Waals surface area contributed by atoms with Crippen molar-refractivity contribution < 1.29 is 14.2 Å². The third-order valence-corrected chi connectivity index (χ3v) is 7.00. The van der Waals surface area contributed by atoms with E-state index in [4.69, 9.17) is 4.74 Å². The van der Waals surface area contributed by atoms with Crippen LogP contribution in [0.15, 0.2) is 53.7 Å². The summed E-state index contributed by atoms with van der Waals surface area (Å²) in [7, 11) is 1.96. The molecular weight excluding hydrogens is 427 g/mol. The molecule has 8 heteroatoms. The lowest BCUT2D eigenvalue weighted by Crippen LogP contribution is -2.49. The van der Waals surface area contributed by atoms with Crippen LogP contribution in [0.1, 0.15) is 11.1 Å². The molecule has 0 radical (unpaired) electrons. The van der Waals surface area contributed by atoms with Gasteiger partial charge in [-0.1, -0.05) is 17.7 Å². The number of likely N-dealkylation sites (N-methyl/N-ethyl adjacent to an activating group) is 1. The molecule has 1 aromatic heterocycles. The number of aliphatic hydroxyl groups is 1. The Labute approximate surface area is 191 Å². The molecule has 1 spiro atoms. The van der Waals surface area contributed by atoms with Crippen molar-refractivity contribution >= 4 is 23.6 Å². The molecule has 0 saturated carbocycles. The van der Waals surface area contributed by atoms with Crippen molar-refractivity contribution in [2.75, 3.05) is 44.9 Å². The van der Waals surface area contributed by atoms with E-state index in [1.54, 1.807) is 30.4 Å². The standard InChI is InChI=1S/C24H25FN4O2S/c1-16-3-6-21(25)19(9-16)17-11-26-23(27-12-17)29-13-24(14-31-15-24)20-5-4-18(10-22(20)29)32-28(2)7-8-30/h3-6,9-12,30H,7-8,13-15H2,1-2H3. The fraction of sp³-hybridized carbons (Fsp3) is 0.333. The molecule has 32 heavy (non-hydrogen) atoms. The van der Waals surface area contributed by atoms with E-state index in [-0.39, 0.29) is 17.8 Å². The molecule has 0 bridgehead atoms. The topological polar surface area (TPSA) is 61.7 Å². The van der Waals surface area contributed by atoms with Crippen LogP contribution in [-0.2, 0) is 10.2 Å². The van der Waals surface area contributed by atoms with Gasteiger partial charge in [-0.2, -0.15) is 0 Å². The summed E-state index contributed by atoms with van der Waals surface area (Å²) in [5, 5.41) is 9.19. The smallest absolute Gasteiger partial charge is 0.229 e. The molecule has 3 aromatic rings. The number of aryl methyl sites for hydroxylation is 1. The minimum absolute atomic E-state index is 0.0415. The molecule has 166 valence electrons. The van der Waals surface area contributed by atoms with Crippen LogP contribution in [-0.4, -0.2) is 59.3 Å². The van der Waals surface area contributed by atoms with Crippen LogP contribution in [0.5, 0.6) is 0 Å². The Bertz CT molecular complexity index is 1140. The lowest BCUT2D eigenvalue weighted by Gasteiger charge is -2.38. The summed E-state index contributed by atoms with van der Waals surface area (Å²) in [6, 6.07) is 11.5. The third-order valence-electron chi connectivity index (χ3n) is 6.04. The first-order valence-electron chi connectivity index (χ1n) is 10.6. The number of hydrogen-bond donors (Lipinski definition) is 1. The zero-order valence-corrected chi connectivity index (χ0v) is 18.9. The van der Waals surface area contributed by atoms with E-state index in [1.807, 2.05) is 24.3 Å². The second kappa shape index (κ2) is 8.44. The van der Waals surface area contributed by atoms with Crippen molar-refractivity contribution in [3.63, 3.8) is 0 Å². The average molecular weight is 453 g/mol. The first-order valence-corrected chi connectivity index (χ1v) is 11.3. The van der Waals surface area contributed by atoms with Crippen LogP contribution in [0.25, 0.3) is 11.1 Å². The molecule has 3 heterocycles. The first-order chi connectivity index (χ1) is 15.5. The molecule has 5 rings (SSSR count). The van der Waals surface area contributed by atoms with Crippen LogP contribution >= 0.6 is 11.9 Å². The van der Waals surface area contributed by atoms with Crippen molar-refractivity contribution in [1.29, 1.82) is 0 Å². The summed E-state index contributed by atoms with van der Waals surface area (Å²) in [6.45, 7) is 4.75. The van der Waals surface area contributed by atoms with E-state index >= 15 is 0 Å². The second-order valence-corrected chi connectivity index (χ2v) is 9.74. The van der Waals surface area contributed by atoms with Crippen LogP contribution < -0.4 is 4.90 Å². The summed E-state index contributed by atoms with van der Waals surface area (Å²) < 4.78 is 21.9. The Morgan fingerprint density at radius 3 is 2.66 bits per heavy atom. The summed E-state index contributed by atoms with van der Waals surface area (Å²) in [5.41, 5.74) is 4.43. The highest BCUT2D eigenvalue weighted by molar-refractivity contribution is 7.97. The number of ether oxygens (including phenoxy) is 1. The number of anilines is 2. The van der Waals surface area contributed by atoms with Gasteiger partial charge in [0.15, 0.2) is 0 Å². The number of halogens is 1. The van der Waals surface area contributed by atoms with Crippen molar-refractivity contribution in [2.45, 2.75) is 17.2 Å². The minimum atomic E-state index is -0.280. The molecule has 1 saturated heterocycles. The van der Waals surface area contributed by atoms with Crippen LogP contribution in [0.3, 0.4) is 0 Å². The molecule has 0 amide bonds. The summed E-state index contributed by atoms with van der Waals surface area (Å²) in [6.07, 6.45) is 3.38. The average Bonchev–Trinajstić information content (AvgIpc) is 3.11. The van der Waals surface area contributed by atoms with Crippen LogP contribution in [0.4, 0.5) is 16.0 Å². The van der Waals surface area contributed by atoms with E-state index in [0.717, 1.165) is 22.7 Å². The van der Waals surface area contributed by atoms with Crippen molar-refractivity contribution in [3.05, 3.63) is 65.7 Å². The molecule has 0 aliphatic carbocycles. The molecule has 2 aromatic carbocycles. The molecule has 2 aliphatic heterocycles. The number of rotatable bonds is 6. The predicted molar refractivity (Wildman–Crippen MR) is 124 cm³/mol. The molecule has 0 atom stereocenters. The number of hydrogen-bond acceptors (Lipinski definition) is 7. The summed E-state index contributed by atoms with van der Waals surface area (Å²) in [4.78, 5) is 12.4. The zero-order chi connectivity index (χ0) is 22.3. The highest BCUT2D eigenvalue weighted by atomic mass is 32.2. The first kappa shape index (κ1) is 21.3. The van der Waals surface area contributed by atoms with Gasteiger partial charge in [-0.3, -0.25) is 0 Å². The lowest BCUT2D eigenvalue weighted by atomic mass is 9.81. The Balaban J connectivity index is 1.47. The maximum absolute atomic E-state index is 14.3. The quantitative estimate of drug-likeness (QED) is 0.569. The van der Waals surface area contributed by atoms with E-state index < -0.39 is 0 Å². The maximum atomic E-state index is 14.3. The number of nitrogens with zero attached hydrogens (tertiary/aromatic N) is 4. The molecule has 1 N–H and O–H groups in total. The largest absolute Gasteiger partial charge is 0.395 e. The maximum Gasteiger partial charge on any atom is 0.229 e. The van der Waals surface area contributed by atoms with Crippen LogP contribution in [0.2, 0.25) is 0 Å². The second-order valence-electron chi connectivity index (χ2n) is 8.46. The van der Waals surface area contributed by atoms with Gasteiger partial charge < -0.3 is 14.7 Å². The fourth-order valence-electron chi connectivity index (χ4n) is 4.31. The van der Waals surface area contributed by atoms with E-state index in [2.05, 4.69) is 33.1 Å². The number of fused-ring (bicyclic) bond motifs is 2. The van der Waals surface area contributed by atoms with Gasteiger partial charge in [0, 0.05) is 47.2 Å². The van der Waals surface area contributed by atoms with Crippen molar-refractivity contribution in [3.8, 4) is 11.1 Å². The molecule has 2 aliphatic rings. The van der Waals surface area contributed by atoms with Gasteiger partial charge in [0.1, 0.15) is 5.82 Å². The Hall–Kier alpha value is -2.52. The predicted octanol–water partition coefficient (Wildman–Crippen LogP) is 3.94. The SMILES string of the molecule is Cc1ccc(F)c(-c2cnc(N3CC4(COC4)c4ccc(SN(C)CCO)cc43)nc2)c1. The molecular formula is C24H25FN4O2S. The van der Waals surface area contributed by atoms with Gasteiger partial charge in [-0.15, -0.1) is 0 Å². The van der Waals surface area contributed by atoms with Crippen molar-refractivity contribution in [1.82, 2.24) is 14.3 Å². The van der Waals surface area contributed by atoms with E-state index in [1.165, 1.54) is 11.6 Å². The minimum Gasteiger partial charge on any atom is -0.395 e. The van der Waals surface area contributed by atoms with Gasteiger partial charge in [0.25, 0.3) is 0 Å². The summed E-state index contributed by atoms with van der Waals surface area (Å²) >= 11 is 1.59. The Morgan fingerprint density at radius 1 is 1.19 bits per heavy atom. The van der Waals surface area contributed by atoms with Gasteiger partial charge >= 0.3 is 0 Å². The van der Waals surface area contributed by atoms with Gasteiger partial charge in [0.2, 0.25) is 5.95 Å². The normalized spacial score (nSPS) is 16.5. The van der Waals surface area contributed by atoms with Gasteiger partial charge in [-0.05, 0) is 55.7 Å². The Morgan fingerprint density at radius 2 is 1.97 bits per heavy atom. The number of aliphatic hydroxyl groups excluding tert-OH is 1. The zero-order valence-electron chi connectivity index (χ0n) is 18.1. The van der Waals surface area contributed by atoms with Crippen molar-refractivity contribution in [2.24, 2.45) is 0 Å². The third kappa shape index (κ3) is 3.77. The monoisotopic (exact) mass is 452 g/mol. The highest BCUT2D eigenvalue weighted by Gasteiger charge is 2.49. The molecule has 1 fully saturated rings. The highest BCUT2D eigenvalue weighted by Crippen LogP contribution is 2.48. The van der Waals surface area contributed by atoms with Crippen LogP contribution in [0, 0.1) is 12.7 Å². The van der Waals surface area contributed by atoms with E-state index in [9.17, 15) is 9.50 Å².